The average Bonchev–Trinajstić information content (AvgIpc) is 3.50. The number of nitrogens with zero attached hydrogens (tertiary/aromatic N) is 2. The van der Waals surface area contributed by atoms with E-state index in [0.717, 1.165) is 29.7 Å². The number of thioether (sulfide) groups is 1. The molecule has 0 aliphatic carbocycles. The molecule has 212 valence electrons. The fraction of sp³-hybridized carbons (Fsp3) is 0.581. The van der Waals surface area contributed by atoms with Crippen molar-refractivity contribution < 1.29 is 24.2 Å². The van der Waals surface area contributed by atoms with Crippen molar-refractivity contribution in [3.8, 4) is 0 Å². The number of anilines is 1. The number of carbonyl (C=O) groups is 3. The van der Waals surface area contributed by atoms with E-state index >= 15 is 0 Å². The van der Waals surface area contributed by atoms with Crippen LogP contribution in [-0.2, 0) is 19.1 Å². The van der Waals surface area contributed by atoms with Crippen LogP contribution in [0.2, 0.25) is 0 Å². The highest BCUT2D eigenvalue weighted by molar-refractivity contribution is 8.02. The van der Waals surface area contributed by atoms with E-state index in [0.29, 0.717) is 0 Å². The van der Waals surface area contributed by atoms with Gasteiger partial charge >= 0.3 is 5.97 Å². The fourth-order valence-electron chi connectivity index (χ4n) is 7.22. The van der Waals surface area contributed by atoms with Crippen LogP contribution in [0.15, 0.2) is 43.5 Å². The minimum atomic E-state index is -0.831. The van der Waals surface area contributed by atoms with Crippen molar-refractivity contribution in [3.05, 3.63) is 54.6 Å². The van der Waals surface area contributed by atoms with Gasteiger partial charge < -0.3 is 19.6 Å². The van der Waals surface area contributed by atoms with Gasteiger partial charge in [0.25, 0.3) is 5.91 Å². The molecule has 0 saturated carbocycles. The molecule has 7 nitrogen and oxygen atoms in total. The van der Waals surface area contributed by atoms with Crippen LogP contribution in [-0.4, -0.2) is 69.6 Å². The average molecular weight is 555 g/mol. The van der Waals surface area contributed by atoms with Gasteiger partial charge in [-0.05, 0) is 43.2 Å². The van der Waals surface area contributed by atoms with E-state index in [1.165, 1.54) is 6.08 Å². The molecule has 39 heavy (non-hydrogen) atoms. The fourth-order valence-corrected chi connectivity index (χ4v) is 9.61. The maximum Gasteiger partial charge on any atom is 0.311 e. The third kappa shape index (κ3) is 4.53. The zero-order chi connectivity index (χ0) is 28.6. The number of aliphatic hydroxyl groups excluding tert-OH is 1. The summed E-state index contributed by atoms with van der Waals surface area (Å²) in [5.74, 6) is -2.17. The maximum absolute atomic E-state index is 14.9. The van der Waals surface area contributed by atoms with E-state index in [2.05, 4.69) is 20.1 Å². The summed E-state index contributed by atoms with van der Waals surface area (Å²) >= 11 is 1.61. The predicted octanol–water partition coefficient (Wildman–Crippen LogP) is 4.30. The van der Waals surface area contributed by atoms with E-state index < -0.39 is 34.6 Å². The van der Waals surface area contributed by atoms with Crippen molar-refractivity contribution in [1.82, 2.24) is 4.90 Å². The second-order valence-corrected chi connectivity index (χ2v) is 12.9. The van der Waals surface area contributed by atoms with Gasteiger partial charge in [-0.2, -0.15) is 0 Å². The van der Waals surface area contributed by atoms with Crippen LogP contribution in [0.1, 0.15) is 44.7 Å². The highest BCUT2D eigenvalue weighted by Crippen LogP contribution is 2.69. The van der Waals surface area contributed by atoms with Gasteiger partial charge in [-0.15, -0.1) is 18.3 Å². The largest absolute Gasteiger partial charge is 0.461 e. The Bertz CT molecular complexity index is 1130. The van der Waals surface area contributed by atoms with E-state index in [9.17, 15) is 19.5 Å². The molecule has 0 radical (unpaired) electrons. The Morgan fingerprint density at radius 3 is 2.51 bits per heavy atom. The van der Waals surface area contributed by atoms with Crippen LogP contribution in [0.3, 0.4) is 0 Å². The van der Waals surface area contributed by atoms with Gasteiger partial charge in [0.05, 0.1) is 29.2 Å². The van der Waals surface area contributed by atoms with Gasteiger partial charge in [0.2, 0.25) is 5.91 Å². The SMILES string of the molecule is C=CCOC(=O)[C@@H]1[C@H]2C(=O)N([C@@H](CO)[C@@H](C)CC)C(C(=O)N(CC=C)c3c(C)cccc3C)C23S[C@@H]1CC3C. The molecule has 1 spiro atoms. The second-order valence-electron chi connectivity index (χ2n) is 11.3. The number of likely N-dealkylation sites (tertiary alicyclic amines) is 1. The molecule has 4 rings (SSSR count). The predicted molar refractivity (Wildman–Crippen MR) is 155 cm³/mol. The summed E-state index contributed by atoms with van der Waals surface area (Å²) in [5.41, 5.74) is 2.72. The zero-order valence-corrected chi connectivity index (χ0v) is 24.6. The van der Waals surface area contributed by atoms with Gasteiger partial charge in [0, 0.05) is 17.5 Å². The summed E-state index contributed by atoms with van der Waals surface area (Å²) in [6.07, 6.45) is 4.68. The number of benzene rings is 1. The Balaban J connectivity index is 1.90. The van der Waals surface area contributed by atoms with Crippen molar-refractivity contribution in [2.45, 2.75) is 69.5 Å². The van der Waals surface area contributed by atoms with Gasteiger partial charge in [0.1, 0.15) is 12.6 Å². The number of rotatable bonds is 11. The van der Waals surface area contributed by atoms with Crippen molar-refractivity contribution in [3.63, 3.8) is 0 Å². The number of amides is 2. The van der Waals surface area contributed by atoms with E-state index in [4.69, 9.17) is 4.74 Å². The first-order valence-electron chi connectivity index (χ1n) is 14.0. The number of ether oxygens (including phenoxy) is 1. The number of hydrogen-bond acceptors (Lipinski definition) is 6. The molecule has 8 atom stereocenters. The molecule has 0 aromatic heterocycles. The summed E-state index contributed by atoms with van der Waals surface area (Å²) in [7, 11) is 0. The van der Waals surface area contributed by atoms with Crippen LogP contribution in [0.25, 0.3) is 0 Å². The lowest BCUT2D eigenvalue weighted by Crippen LogP contribution is -2.60. The molecule has 3 heterocycles. The Morgan fingerprint density at radius 2 is 1.95 bits per heavy atom. The van der Waals surface area contributed by atoms with Gasteiger partial charge in [0.15, 0.2) is 0 Å². The molecule has 2 bridgehead atoms. The number of fused-ring (bicyclic) bond motifs is 1. The molecule has 3 saturated heterocycles. The number of aryl methyl sites for hydroxylation is 2. The molecule has 2 amide bonds. The highest BCUT2D eigenvalue weighted by atomic mass is 32.2. The zero-order valence-electron chi connectivity index (χ0n) is 23.8. The summed E-state index contributed by atoms with van der Waals surface area (Å²) in [6.45, 7) is 17.7. The smallest absolute Gasteiger partial charge is 0.311 e. The molecule has 3 unspecified atom stereocenters. The summed E-state index contributed by atoms with van der Waals surface area (Å²) in [4.78, 5) is 46.1. The standard InChI is InChI=1S/C31H42N2O5S/c1-8-14-32(26-19(5)12-11-13-20(26)6)29(36)27-31-21(7)16-23(39-31)24(30(37)38-15-9-2)25(31)28(35)33(27)22(17-34)18(4)10-3/h8-9,11-13,18,21-25,27,34H,1-2,10,14-17H2,3-7H3/t18-,21?,22-,23+,24-,25-,27?,31?/m0/s1. The minimum Gasteiger partial charge on any atom is -0.461 e. The van der Waals surface area contributed by atoms with Crippen molar-refractivity contribution in [2.24, 2.45) is 23.7 Å². The Kier molecular flexibility index (Phi) is 8.67. The van der Waals surface area contributed by atoms with Crippen molar-refractivity contribution in [1.29, 1.82) is 0 Å². The third-order valence-electron chi connectivity index (χ3n) is 9.17. The first-order chi connectivity index (χ1) is 18.6. The summed E-state index contributed by atoms with van der Waals surface area (Å²) < 4.78 is 4.69. The topological polar surface area (TPSA) is 87.1 Å². The molecule has 3 aliphatic heterocycles. The van der Waals surface area contributed by atoms with Crippen molar-refractivity contribution in [2.75, 3.05) is 24.7 Å². The molecule has 8 heteroatoms. The summed E-state index contributed by atoms with van der Waals surface area (Å²) in [5, 5.41) is 10.5. The minimum absolute atomic E-state index is 0.0173. The number of aliphatic hydroxyl groups is 1. The van der Waals surface area contributed by atoms with E-state index in [1.54, 1.807) is 27.6 Å². The van der Waals surface area contributed by atoms with Crippen LogP contribution >= 0.6 is 11.8 Å². The molecular formula is C31H42N2O5S. The van der Waals surface area contributed by atoms with Gasteiger partial charge in [-0.25, -0.2) is 0 Å². The summed E-state index contributed by atoms with van der Waals surface area (Å²) in [6, 6.07) is 4.54. The monoisotopic (exact) mass is 554 g/mol. The lowest BCUT2D eigenvalue weighted by atomic mass is 9.66. The molecular weight excluding hydrogens is 512 g/mol. The van der Waals surface area contributed by atoms with Crippen LogP contribution in [0.5, 0.6) is 0 Å². The lowest BCUT2D eigenvalue weighted by molar-refractivity contribution is -0.154. The maximum atomic E-state index is 14.9. The van der Waals surface area contributed by atoms with Crippen LogP contribution < -0.4 is 4.90 Å². The highest BCUT2D eigenvalue weighted by Gasteiger charge is 2.77. The Labute approximate surface area is 236 Å². The number of para-hydroxylation sites is 1. The normalized spacial score (nSPS) is 30.6. The molecule has 1 N–H and O–H groups in total. The number of hydrogen-bond donors (Lipinski definition) is 1. The van der Waals surface area contributed by atoms with Crippen molar-refractivity contribution >= 4 is 35.2 Å². The molecule has 1 aromatic carbocycles. The van der Waals surface area contributed by atoms with Crippen LogP contribution in [0.4, 0.5) is 5.69 Å². The second kappa shape index (κ2) is 11.5. The van der Waals surface area contributed by atoms with Crippen LogP contribution in [0, 0.1) is 37.5 Å². The first-order valence-corrected chi connectivity index (χ1v) is 14.8. The third-order valence-corrected chi connectivity index (χ3v) is 11.2. The van der Waals surface area contributed by atoms with Gasteiger partial charge in [-0.3, -0.25) is 14.4 Å². The van der Waals surface area contributed by atoms with E-state index in [-0.39, 0.29) is 48.7 Å². The Morgan fingerprint density at radius 1 is 1.28 bits per heavy atom. The molecule has 1 aromatic rings. The van der Waals surface area contributed by atoms with E-state index in [1.807, 2.05) is 45.9 Å². The first kappa shape index (κ1) is 29.4. The number of carbonyl (C=O) groups excluding carboxylic acids is 3. The number of esters is 1. The Hall–Kier alpha value is -2.58. The quantitative estimate of drug-likeness (QED) is 0.324. The lowest BCUT2D eigenvalue weighted by Gasteiger charge is -2.43. The van der Waals surface area contributed by atoms with Gasteiger partial charge in [-0.1, -0.05) is 64.1 Å². The molecule has 3 fully saturated rings. The molecule has 3 aliphatic rings.